The summed E-state index contributed by atoms with van der Waals surface area (Å²) >= 11 is 8.68. The van der Waals surface area contributed by atoms with E-state index in [1.165, 1.54) is 18.2 Å². The first kappa shape index (κ1) is 16.0. The third-order valence-corrected chi connectivity index (χ3v) is 3.40. The summed E-state index contributed by atoms with van der Waals surface area (Å²) in [5, 5.41) is 2.13. The summed E-state index contributed by atoms with van der Waals surface area (Å²) in [6, 6.07) is 4.75. The van der Waals surface area contributed by atoms with Crippen molar-refractivity contribution in [3.8, 4) is 0 Å². The lowest BCUT2D eigenvalue weighted by atomic mass is 10.2. The molecule has 21 heavy (non-hydrogen) atoms. The van der Waals surface area contributed by atoms with Crippen LogP contribution in [0.25, 0.3) is 0 Å². The number of nitrogens with one attached hydrogen (secondary N) is 1. The van der Waals surface area contributed by atoms with Gasteiger partial charge in [0.2, 0.25) is 5.28 Å². The number of hydrogen-bond acceptors (Lipinski definition) is 3. The zero-order valence-electron chi connectivity index (χ0n) is 10.2. The Morgan fingerprint density at radius 3 is 2.57 bits per heavy atom. The largest absolute Gasteiger partial charge is 0.433 e. The SMILES string of the molecule is Fc1ccc(Br)c(CNc2cc(C(F)(F)F)nc(Cl)n2)c1. The van der Waals surface area contributed by atoms with Crippen LogP contribution in [-0.2, 0) is 12.7 Å². The molecular formula is C12H7BrClF4N3. The highest BCUT2D eigenvalue weighted by Gasteiger charge is 2.33. The minimum atomic E-state index is -4.62. The molecule has 2 aromatic rings. The van der Waals surface area contributed by atoms with Crippen LogP contribution in [0.5, 0.6) is 0 Å². The van der Waals surface area contributed by atoms with Gasteiger partial charge in [0.1, 0.15) is 11.6 Å². The maximum atomic E-state index is 13.1. The Kier molecular flexibility index (Phi) is 4.67. The molecule has 0 radical (unpaired) electrons. The lowest BCUT2D eigenvalue weighted by Crippen LogP contribution is -2.11. The van der Waals surface area contributed by atoms with E-state index < -0.39 is 23.0 Å². The van der Waals surface area contributed by atoms with Gasteiger partial charge in [0, 0.05) is 17.1 Å². The van der Waals surface area contributed by atoms with Crippen molar-refractivity contribution in [1.29, 1.82) is 0 Å². The van der Waals surface area contributed by atoms with Crippen molar-refractivity contribution in [2.24, 2.45) is 0 Å². The fourth-order valence-electron chi connectivity index (χ4n) is 1.52. The summed E-state index contributed by atoms with van der Waals surface area (Å²) in [6.45, 7) is 0.0724. The normalized spacial score (nSPS) is 11.5. The van der Waals surface area contributed by atoms with Gasteiger partial charge in [0.05, 0.1) is 0 Å². The maximum Gasteiger partial charge on any atom is 0.433 e. The van der Waals surface area contributed by atoms with Crippen molar-refractivity contribution in [3.63, 3.8) is 0 Å². The van der Waals surface area contributed by atoms with E-state index in [1.54, 1.807) is 0 Å². The van der Waals surface area contributed by atoms with Crippen LogP contribution in [0.3, 0.4) is 0 Å². The molecule has 112 valence electrons. The van der Waals surface area contributed by atoms with E-state index in [0.717, 1.165) is 6.07 Å². The molecule has 0 aliphatic rings. The van der Waals surface area contributed by atoms with E-state index >= 15 is 0 Å². The van der Waals surface area contributed by atoms with Gasteiger partial charge in [0.25, 0.3) is 0 Å². The molecule has 0 aliphatic heterocycles. The van der Waals surface area contributed by atoms with Gasteiger partial charge in [-0.25, -0.2) is 14.4 Å². The van der Waals surface area contributed by atoms with E-state index in [4.69, 9.17) is 11.6 Å². The van der Waals surface area contributed by atoms with Gasteiger partial charge in [-0.05, 0) is 35.4 Å². The van der Waals surface area contributed by atoms with Crippen molar-refractivity contribution in [2.45, 2.75) is 12.7 Å². The summed E-state index contributed by atoms with van der Waals surface area (Å²) in [5.74, 6) is -0.551. The molecule has 0 spiro atoms. The zero-order chi connectivity index (χ0) is 15.6. The molecule has 0 bridgehead atoms. The Morgan fingerprint density at radius 1 is 1.19 bits per heavy atom. The van der Waals surface area contributed by atoms with E-state index in [1.807, 2.05) is 0 Å². The van der Waals surface area contributed by atoms with Crippen LogP contribution < -0.4 is 5.32 Å². The molecular weight excluding hydrogens is 378 g/mol. The fourth-order valence-corrected chi connectivity index (χ4v) is 2.09. The summed E-state index contributed by atoms with van der Waals surface area (Å²) < 4.78 is 51.5. The van der Waals surface area contributed by atoms with Gasteiger partial charge < -0.3 is 5.32 Å². The first-order chi connectivity index (χ1) is 9.75. The maximum absolute atomic E-state index is 13.1. The van der Waals surface area contributed by atoms with Crippen LogP contribution in [0.15, 0.2) is 28.7 Å². The average molecular weight is 385 g/mol. The third kappa shape index (κ3) is 4.28. The quantitative estimate of drug-likeness (QED) is 0.618. The highest BCUT2D eigenvalue weighted by Crippen LogP contribution is 2.29. The molecule has 0 amide bonds. The summed E-state index contributed by atoms with van der Waals surface area (Å²) in [6.07, 6.45) is -4.62. The molecule has 0 atom stereocenters. The molecule has 1 aromatic carbocycles. The highest BCUT2D eigenvalue weighted by atomic mass is 79.9. The van der Waals surface area contributed by atoms with Crippen molar-refractivity contribution in [2.75, 3.05) is 5.32 Å². The molecule has 1 aromatic heterocycles. The van der Waals surface area contributed by atoms with Crippen molar-refractivity contribution >= 4 is 33.3 Å². The molecule has 9 heteroatoms. The minimum absolute atomic E-state index is 0.0724. The second-order valence-corrected chi connectivity index (χ2v) is 5.19. The van der Waals surface area contributed by atoms with E-state index in [2.05, 4.69) is 31.2 Å². The molecule has 0 unspecified atom stereocenters. The molecule has 2 rings (SSSR count). The smallest absolute Gasteiger partial charge is 0.366 e. The van der Waals surface area contributed by atoms with Crippen LogP contribution in [0.2, 0.25) is 5.28 Å². The highest BCUT2D eigenvalue weighted by molar-refractivity contribution is 9.10. The van der Waals surface area contributed by atoms with Crippen LogP contribution in [0, 0.1) is 5.82 Å². The Balaban J connectivity index is 2.20. The fraction of sp³-hybridized carbons (Fsp3) is 0.167. The molecule has 3 nitrogen and oxygen atoms in total. The Hall–Kier alpha value is -1.41. The third-order valence-electron chi connectivity index (χ3n) is 2.46. The number of hydrogen-bond donors (Lipinski definition) is 1. The van der Waals surface area contributed by atoms with E-state index in [0.29, 0.717) is 10.0 Å². The minimum Gasteiger partial charge on any atom is -0.366 e. The molecule has 0 fully saturated rings. The number of aromatic nitrogens is 2. The van der Waals surface area contributed by atoms with Gasteiger partial charge >= 0.3 is 6.18 Å². The zero-order valence-corrected chi connectivity index (χ0v) is 12.5. The number of alkyl halides is 3. The van der Waals surface area contributed by atoms with Gasteiger partial charge in [-0.1, -0.05) is 15.9 Å². The van der Waals surface area contributed by atoms with Gasteiger partial charge in [-0.3, -0.25) is 0 Å². The molecule has 1 N–H and O–H groups in total. The van der Waals surface area contributed by atoms with Crippen LogP contribution in [-0.4, -0.2) is 9.97 Å². The molecule has 0 aliphatic carbocycles. The number of anilines is 1. The van der Waals surface area contributed by atoms with Gasteiger partial charge in [0.15, 0.2) is 5.69 Å². The van der Waals surface area contributed by atoms with Crippen molar-refractivity contribution in [3.05, 3.63) is 51.1 Å². The first-order valence-electron chi connectivity index (χ1n) is 5.55. The van der Waals surface area contributed by atoms with Crippen LogP contribution in [0.4, 0.5) is 23.4 Å². The second-order valence-electron chi connectivity index (χ2n) is 3.99. The summed E-state index contributed by atoms with van der Waals surface area (Å²) in [5.41, 5.74) is -0.624. The standard InChI is InChI=1S/C12H7BrClF4N3/c13-8-2-1-7(15)3-6(8)5-19-10-4-9(12(16,17)18)20-11(14)21-10/h1-4H,5H2,(H,19,20,21). The monoisotopic (exact) mass is 383 g/mol. The lowest BCUT2D eigenvalue weighted by molar-refractivity contribution is -0.141. The molecule has 1 heterocycles. The number of benzene rings is 1. The number of rotatable bonds is 3. The first-order valence-corrected chi connectivity index (χ1v) is 6.72. The second kappa shape index (κ2) is 6.15. The Labute approximate surface area is 130 Å². The molecule has 0 saturated heterocycles. The Bertz CT molecular complexity index is 663. The number of halogens is 6. The molecule has 0 saturated carbocycles. The summed E-state index contributed by atoms with van der Waals surface area (Å²) in [7, 11) is 0. The predicted molar refractivity (Wildman–Crippen MR) is 73.5 cm³/mol. The van der Waals surface area contributed by atoms with Crippen molar-refractivity contribution in [1.82, 2.24) is 9.97 Å². The van der Waals surface area contributed by atoms with Gasteiger partial charge in [-0.15, -0.1) is 0 Å². The van der Waals surface area contributed by atoms with Gasteiger partial charge in [-0.2, -0.15) is 13.2 Å². The van der Waals surface area contributed by atoms with Crippen LogP contribution >= 0.6 is 27.5 Å². The predicted octanol–water partition coefficient (Wildman–Crippen LogP) is 4.66. The average Bonchev–Trinajstić information content (AvgIpc) is 2.38. The topological polar surface area (TPSA) is 37.8 Å². The Morgan fingerprint density at radius 2 is 1.90 bits per heavy atom. The van der Waals surface area contributed by atoms with E-state index in [-0.39, 0.29) is 12.4 Å². The summed E-state index contributed by atoms with van der Waals surface area (Å²) in [4.78, 5) is 6.76. The van der Waals surface area contributed by atoms with E-state index in [9.17, 15) is 17.6 Å². The van der Waals surface area contributed by atoms with Crippen molar-refractivity contribution < 1.29 is 17.6 Å². The van der Waals surface area contributed by atoms with Crippen LogP contribution in [0.1, 0.15) is 11.3 Å². The number of nitrogens with zero attached hydrogens (tertiary/aromatic N) is 2. The lowest BCUT2D eigenvalue weighted by Gasteiger charge is -2.10.